The second kappa shape index (κ2) is 67.3. The van der Waals surface area contributed by atoms with E-state index in [9.17, 15) is 43.2 Å². The SMILES string of the molecule is CCCCCCCCCCCCCCCCCCCCCCCCC(=O)O[C@H](COC(=O)CCCCCCCCCCCCCCCCCCC(C)C)COP(=O)(O)OC[C@@H](O)COP(=O)(O)OC[C@@H](COC(=O)CCCCCCC)OC(=O)CCCCCCCCC. The normalized spacial score (nSPS) is 14.0. The number of carbonyl (C=O) groups excluding carboxylic acids is 4. The minimum Gasteiger partial charge on any atom is -0.462 e. The Morgan fingerprint density at radius 3 is 0.731 bits per heavy atom. The topological polar surface area (TPSA) is 237 Å². The second-order valence-corrected chi connectivity index (χ2v) is 30.1. The van der Waals surface area contributed by atoms with Crippen LogP contribution in [0.2, 0.25) is 0 Å². The molecule has 19 heteroatoms. The smallest absolute Gasteiger partial charge is 0.462 e. The fraction of sp³-hybridized carbons (Fsp3) is 0.946. The number of unbranched alkanes of at least 4 members (excludes halogenated alkanes) is 46. The zero-order valence-electron chi connectivity index (χ0n) is 60.4. The number of phosphoric acid groups is 2. The van der Waals surface area contributed by atoms with Crippen LogP contribution in [0.3, 0.4) is 0 Å². The highest BCUT2D eigenvalue weighted by molar-refractivity contribution is 7.47. The average molecular weight is 1370 g/mol. The van der Waals surface area contributed by atoms with Crippen molar-refractivity contribution in [1.29, 1.82) is 0 Å². The zero-order valence-corrected chi connectivity index (χ0v) is 62.2. The Morgan fingerprint density at radius 2 is 0.495 bits per heavy atom. The van der Waals surface area contributed by atoms with Crippen LogP contribution in [0, 0.1) is 5.92 Å². The molecule has 0 fully saturated rings. The fourth-order valence-corrected chi connectivity index (χ4v) is 12.9. The van der Waals surface area contributed by atoms with Gasteiger partial charge in [-0.05, 0) is 31.6 Å². The van der Waals surface area contributed by atoms with E-state index in [1.54, 1.807) is 0 Å². The Balaban J connectivity index is 5.05. The minimum atomic E-state index is -4.95. The van der Waals surface area contributed by atoms with Gasteiger partial charge in [0.05, 0.1) is 26.4 Å². The van der Waals surface area contributed by atoms with E-state index in [-0.39, 0.29) is 25.7 Å². The van der Waals surface area contributed by atoms with E-state index >= 15 is 0 Å². The van der Waals surface area contributed by atoms with Gasteiger partial charge in [0, 0.05) is 25.7 Å². The summed E-state index contributed by atoms with van der Waals surface area (Å²) in [4.78, 5) is 72.2. The molecular weight excluding hydrogens is 1220 g/mol. The van der Waals surface area contributed by atoms with Crippen LogP contribution in [0.15, 0.2) is 0 Å². The van der Waals surface area contributed by atoms with Crippen molar-refractivity contribution >= 4 is 39.5 Å². The van der Waals surface area contributed by atoms with Crippen molar-refractivity contribution in [3.63, 3.8) is 0 Å². The Labute approximate surface area is 568 Å². The van der Waals surface area contributed by atoms with Gasteiger partial charge < -0.3 is 33.8 Å². The Morgan fingerprint density at radius 1 is 0.290 bits per heavy atom. The number of aliphatic hydroxyl groups is 1. The highest BCUT2D eigenvalue weighted by Crippen LogP contribution is 2.45. The molecule has 93 heavy (non-hydrogen) atoms. The summed E-state index contributed by atoms with van der Waals surface area (Å²) >= 11 is 0. The van der Waals surface area contributed by atoms with E-state index in [4.69, 9.17) is 37.0 Å². The summed E-state index contributed by atoms with van der Waals surface area (Å²) in [7, 11) is -9.89. The van der Waals surface area contributed by atoms with Gasteiger partial charge >= 0.3 is 39.5 Å². The zero-order chi connectivity index (χ0) is 68.4. The molecule has 0 aliphatic carbocycles. The van der Waals surface area contributed by atoms with Crippen LogP contribution >= 0.6 is 15.6 Å². The molecule has 17 nitrogen and oxygen atoms in total. The Hall–Kier alpha value is -1.94. The van der Waals surface area contributed by atoms with E-state index in [1.165, 1.54) is 193 Å². The quantitative estimate of drug-likeness (QED) is 0.0222. The molecule has 0 heterocycles. The van der Waals surface area contributed by atoms with Gasteiger partial charge in [0.2, 0.25) is 0 Å². The number of aliphatic hydroxyl groups excluding tert-OH is 1. The first-order valence-electron chi connectivity index (χ1n) is 38.6. The molecule has 0 aromatic carbocycles. The molecule has 0 bridgehead atoms. The first-order valence-corrected chi connectivity index (χ1v) is 41.6. The van der Waals surface area contributed by atoms with Crippen molar-refractivity contribution in [1.82, 2.24) is 0 Å². The van der Waals surface area contributed by atoms with Crippen LogP contribution in [0.1, 0.15) is 388 Å². The molecule has 0 aromatic heterocycles. The van der Waals surface area contributed by atoms with Crippen molar-refractivity contribution in [3.8, 4) is 0 Å². The molecule has 0 aliphatic rings. The van der Waals surface area contributed by atoms with Crippen molar-refractivity contribution in [3.05, 3.63) is 0 Å². The molecule has 0 saturated heterocycles. The summed E-state index contributed by atoms with van der Waals surface area (Å²) in [6, 6.07) is 0. The third kappa shape index (κ3) is 68.4. The lowest BCUT2D eigenvalue weighted by Gasteiger charge is -2.21. The first-order chi connectivity index (χ1) is 45.0. The minimum absolute atomic E-state index is 0.103. The maximum Gasteiger partial charge on any atom is 0.472 e. The van der Waals surface area contributed by atoms with Crippen LogP contribution in [0.4, 0.5) is 0 Å². The van der Waals surface area contributed by atoms with Crippen LogP contribution in [0.25, 0.3) is 0 Å². The summed E-state index contributed by atoms with van der Waals surface area (Å²) in [5.41, 5.74) is 0. The van der Waals surface area contributed by atoms with Gasteiger partial charge in [-0.2, -0.15) is 0 Å². The van der Waals surface area contributed by atoms with E-state index in [0.29, 0.717) is 25.7 Å². The van der Waals surface area contributed by atoms with Crippen molar-refractivity contribution in [2.75, 3.05) is 39.6 Å². The Bertz CT molecular complexity index is 1790. The molecule has 0 rings (SSSR count). The summed E-state index contributed by atoms with van der Waals surface area (Å²) < 4.78 is 68.0. The third-order valence-corrected chi connectivity index (χ3v) is 19.2. The van der Waals surface area contributed by atoms with E-state index in [1.807, 2.05) is 0 Å². The van der Waals surface area contributed by atoms with E-state index < -0.39 is 97.5 Å². The first kappa shape index (κ1) is 91.1. The van der Waals surface area contributed by atoms with Gasteiger partial charge in [0.15, 0.2) is 12.2 Å². The molecule has 2 unspecified atom stereocenters. The molecule has 0 amide bonds. The predicted molar refractivity (Wildman–Crippen MR) is 377 cm³/mol. The summed E-state index contributed by atoms with van der Waals surface area (Å²) in [5.74, 6) is -1.32. The highest BCUT2D eigenvalue weighted by atomic mass is 31.2. The summed E-state index contributed by atoms with van der Waals surface area (Å²) in [6.07, 6.45) is 56.4. The lowest BCUT2D eigenvalue weighted by molar-refractivity contribution is -0.161. The molecule has 0 saturated carbocycles. The predicted octanol–water partition coefficient (Wildman–Crippen LogP) is 21.7. The number of ether oxygens (including phenoxy) is 4. The molecule has 0 spiro atoms. The van der Waals surface area contributed by atoms with Gasteiger partial charge in [-0.15, -0.1) is 0 Å². The number of hydrogen-bond donors (Lipinski definition) is 3. The van der Waals surface area contributed by atoms with Crippen LogP contribution in [-0.2, 0) is 65.4 Å². The molecular formula is C74H144O17P2. The number of phosphoric ester groups is 2. The number of carbonyl (C=O) groups is 4. The van der Waals surface area contributed by atoms with Crippen LogP contribution in [-0.4, -0.2) is 96.7 Å². The van der Waals surface area contributed by atoms with Crippen molar-refractivity contribution in [2.24, 2.45) is 5.92 Å². The summed E-state index contributed by atoms with van der Waals surface area (Å²) in [6.45, 7) is 7.16. The molecule has 3 N–H and O–H groups in total. The van der Waals surface area contributed by atoms with Crippen molar-refractivity contribution in [2.45, 2.75) is 406 Å². The van der Waals surface area contributed by atoms with Gasteiger partial charge in [-0.3, -0.25) is 37.3 Å². The number of hydrogen-bond acceptors (Lipinski definition) is 15. The van der Waals surface area contributed by atoms with Crippen molar-refractivity contribution < 1.29 is 80.2 Å². The standard InChI is InChI=1S/C74H144O17P2/c1-6-9-12-15-17-18-19-20-21-22-23-24-25-26-27-32-35-38-41-45-50-55-60-74(79)91-70(64-85-72(77)58-53-48-44-40-37-34-31-29-28-30-33-36-39-43-47-51-56-67(4)5)66-89-93(82,83)87-62-68(75)61-86-92(80,81)88-65-69(63-84-71(76)57-52-46-14-11-8-3)90-73(78)59-54-49-42-16-13-10-7-2/h67-70,75H,6-66H2,1-5H3,(H,80,81)(H,82,83)/t68-,69+,70+/m0/s1. The molecule has 0 aliphatic heterocycles. The van der Waals surface area contributed by atoms with Gasteiger partial charge in [-0.1, -0.05) is 336 Å². The van der Waals surface area contributed by atoms with Crippen LogP contribution in [0.5, 0.6) is 0 Å². The maximum absolute atomic E-state index is 13.1. The van der Waals surface area contributed by atoms with E-state index in [2.05, 4.69) is 34.6 Å². The third-order valence-electron chi connectivity index (χ3n) is 17.3. The molecule has 0 radical (unpaired) electrons. The lowest BCUT2D eigenvalue weighted by Crippen LogP contribution is -2.30. The highest BCUT2D eigenvalue weighted by Gasteiger charge is 2.30. The maximum atomic E-state index is 13.1. The van der Waals surface area contributed by atoms with E-state index in [0.717, 1.165) is 115 Å². The monoisotopic (exact) mass is 1370 g/mol. The molecule has 5 atom stereocenters. The van der Waals surface area contributed by atoms with Gasteiger partial charge in [-0.25, -0.2) is 9.13 Å². The summed E-state index contributed by atoms with van der Waals surface area (Å²) in [5, 5.41) is 10.6. The second-order valence-electron chi connectivity index (χ2n) is 27.2. The largest absolute Gasteiger partial charge is 0.472 e. The fourth-order valence-electron chi connectivity index (χ4n) is 11.4. The number of rotatable bonds is 74. The lowest BCUT2D eigenvalue weighted by atomic mass is 10.0. The average Bonchev–Trinajstić information content (AvgIpc) is 2.52. The van der Waals surface area contributed by atoms with Gasteiger partial charge in [0.25, 0.3) is 0 Å². The molecule has 0 aromatic rings. The van der Waals surface area contributed by atoms with Crippen LogP contribution < -0.4 is 0 Å². The molecule has 552 valence electrons. The Kier molecular flexibility index (Phi) is 65.9. The number of esters is 4. The van der Waals surface area contributed by atoms with Gasteiger partial charge in [0.1, 0.15) is 19.3 Å².